The van der Waals surface area contributed by atoms with Crippen LogP contribution >= 0.6 is 0 Å². The van der Waals surface area contributed by atoms with Gasteiger partial charge in [0.15, 0.2) is 0 Å². The summed E-state index contributed by atoms with van der Waals surface area (Å²) in [5, 5.41) is 0. The van der Waals surface area contributed by atoms with E-state index >= 15 is 0 Å². The molecule has 3 nitrogen and oxygen atoms in total. The Hall–Kier alpha value is -0.900. The van der Waals surface area contributed by atoms with E-state index in [2.05, 4.69) is 40.1 Å². The van der Waals surface area contributed by atoms with Crippen molar-refractivity contribution < 1.29 is 0 Å². The van der Waals surface area contributed by atoms with Crippen molar-refractivity contribution in [2.75, 3.05) is 39.3 Å². The topological polar surface area (TPSA) is 32.5 Å². The van der Waals surface area contributed by atoms with Crippen molar-refractivity contribution >= 4 is 0 Å². The zero-order valence-corrected chi connectivity index (χ0v) is 13.8. The Labute approximate surface area is 135 Å². The maximum Gasteiger partial charge on any atom is 0.0234 e. The summed E-state index contributed by atoms with van der Waals surface area (Å²) in [6.07, 6.45) is 6.81. The van der Waals surface area contributed by atoms with E-state index < -0.39 is 0 Å². The van der Waals surface area contributed by atoms with E-state index in [1.54, 1.807) is 0 Å². The second-order valence-electron chi connectivity index (χ2n) is 7.26. The van der Waals surface area contributed by atoms with Gasteiger partial charge in [0.1, 0.15) is 0 Å². The molecule has 2 fully saturated rings. The minimum absolute atomic E-state index is 0.473. The van der Waals surface area contributed by atoms with Crippen molar-refractivity contribution in [3.63, 3.8) is 0 Å². The van der Waals surface area contributed by atoms with E-state index in [0.717, 1.165) is 13.1 Å². The maximum atomic E-state index is 6.07. The van der Waals surface area contributed by atoms with E-state index in [4.69, 9.17) is 5.73 Å². The molecule has 3 heteroatoms. The molecule has 3 rings (SSSR count). The molecule has 2 aliphatic rings. The van der Waals surface area contributed by atoms with E-state index in [1.165, 1.54) is 70.4 Å². The van der Waals surface area contributed by atoms with Gasteiger partial charge in [-0.25, -0.2) is 0 Å². The van der Waals surface area contributed by atoms with Crippen LogP contribution in [0.25, 0.3) is 0 Å². The maximum absolute atomic E-state index is 6.07. The van der Waals surface area contributed by atoms with Crippen molar-refractivity contribution in [3.05, 3.63) is 35.9 Å². The predicted octanol–water partition coefficient (Wildman–Crippen LogP) is 2.71. The zero-order chi connectivity index (χ0) is 15.3. The average Bonchev–Trinajstić information content (AvgIpc) is 3.05. The van der Waals surface area contributed by atoms with Gasteiger partial charge in [-0.2, -0.15) is 0 Å². The lowest BCUT2D eigenvalue weighted by Gasteiger charge is -2.37. The van der Waals surface area contributed by atoms with Crippen LogP contribution in [0.3, 0.4) is 0 Å². The van der Waals surface area contributed by atoms with E-state index in [1.807, 2.05) is 0 Å². The molecule has 0 aromatic heterocycles. The first kappa shape index (κ1) is 16.0. The molecule has 0 radical (unpaired) electrons. The van der Waals surface area contributed by atoms with Gasteiger partial charge < -0.3 is 10.6 Å². The molecule has 1 aromatic carbocycles. The van der Waals surface area contributed by atoms with Gasteiger partial charge in [0.25, 0.3) is 0 Å². The second kappa shape index (κ2) is 7.58. The van der Waals surface area contributed by atoms with Crippen LogP contribution in [0.2, 0.25) is 0 Å². The Bertz CT molecular complexity index is 431. The van der Waals surface area contributed by atoms with Gasteiger partial charge in [-0.1, -0.05) is 43.2 Å². The number of hydrogen-bond donors (Lipinski definition) is 1. The normalized spacial score (nSPS) is 23.0. The largest absolute Gasteiger partial charge is 0.330 e. The Morgan fingerprint density at radius 2 is 1.55 bits per heavy atom. The zero-order valence-electron chi connectivity index (χ0n) is 13.8. The van der Waals surface area contributed by atoms with Crippen molar-refractivity contribution in [3.8, 4) is 0 Å². The minimum atomic E-state index is 0.473. The van der Waals surface area contributed by atoms with E-state index in [9.17, 15) is 0 Å². The van der Waals surface area contributed by atoms with Gasteiger partial charge in [0.2, 0.25) is 0 Å². The molecule has 22 heavy (non-hydrogen) atoms. The molecule has 0 bridgehead atoms. The highest BCUT2D eigenvalue weighted by Gasteiger charge is 2.32. The Kier molecular flexibility index (Phi) is 5.51. The average molecular weight is 301 g/mol. The molecule has 122 valence electrons. The highest BCUT2D eigenvalue weighted by atomic mass is 15.3. The lowest BCUT2D eigenvalue weighted by Crippen LogP contribution is -2.47. The summed E-state index contributed by atoms with van der Waals surface area (Å²) in [4.78, 5) is 5.23. The third kappa shape index (κ3) is 4.09. The summed E-state index contributed by atoms with van der Waals surface area (Å²) in [6.45, 7) is 8.06. The molecule has 1 aliphatic carbocycles. The first-order valence-electron chi connectivity index (χ1n) is 8.98. The molecule has 1 aromatic rings. The summed E-state index contributed by atoms with van der Waals surface area (Å²) in [5.41, 5.74) is 7.97. The number of nitrogens with two attached hydrogens (primary N) is 1. The Morgan fingerprint density at radius 1 is 0.909 bits per heavy atom. The van der Waals surface area contributed by atoms with E-state index in [0.29, 0.717) is 5.41 Å². The molecule has 0 amide bonds. The van der Waals surface area contributed by atoms with Gasteiger partial charge in [-0.3, -0.25) is 4.90 Å². The van der Waals surface area contributed by atoms with Gasteiger partial charge in [0, 0.05) is 32.7 Å². The fourth-order valence-corrected chi connectivity index (χ4v) is 4.09. The summed E-state index contributed by atoms with van der Waals surface area (Å²) < 4.78 is 0. The predicted molar refractivity (Wildman–Crippen MR) is 92.7 cm³/mol. The third-order valence-corrected chi connectivity index (χ3v) is 5.77. The standard InChI is InChI=1S/C19H31N3/c20-17-19(8-4-5-9-19)10-11-21-12-14-22(15-13-21)16-18-6-2-1-3-7-18/h1-3,6-7H,4-5,8-17,20H2. The number of piperazine rings is 1. The third-order valence-electron chi connectivity index (χ3n) is 5.77. The van der Waals surface area contributed by atoms with Crippen LogP contribution in [0.4, 0.5) is 0 Å². The highest BCUT2D eigenvalue weighted by molar-refractivity contribution is 5.14. The van der Waals surface area contributed by atoms with Gasteiger partial charge in [-0.05, 0) is 43.3 Å². The van der Waals surface area contributed by atoms with Gasteiger partial charge in [-0.15, -0.1) is 0 Å². The quantitative estimate of drug-likeness (QED) is 0.877. The summed E-state index contributed by atoms with van der Waals surface area (Å²) >= 11 is 0. The number of benzene rings is 1. The molecule has 2 N–H and O–H groups in total. The van der Waals surface area contributed by atoms with Crippen LogP contribution in [-0.4, -0.2) is 49.1 Å². The lowest BCUT2D eigenvalue weighted by molar-refractivity contribution is 0.111. The monoisotopic (exact) mass is 301 g/mol. The Balaban J connectivity index is 1.40. The first-order chi connectivity index (χ1) is 10.8. The minimum Gasteiger partial charge on any atom is -0.330 e. The summed E-state index contributed by atoms with van der Waals surface area (Å²) in [5.74, 6) is 0. The van der Waals surface area contributed by atoms with Crippen LogP contribution in [0.15, 0.2) is 30.3 Å². The Morgan fingerprint density at radius 3 is 2.18 bits per heavy atom. The second-order valence-corrected chi connectivity index (χ2v) is 7.26. The first-order valence-corrected chi connectivity index (χ1v) is 8.98. The molecule has 0 unspecified atom stereocenters. The molecule has 1 saturated heterocycles. The molecule has 1 heterocycles. The van der Waals surface area contributed by atoms with Crippen molar-refractivity contribution in [2.24, 2.45) is 11.1 Å². The van der Waals surface area contributed by atoms with Crippen LogP contribution in [0.1, 0.15) is 37.7 Å². The lowest BCUT2D eigenvalue weighted by atomic mass is 9.82. The fraction of sp³-hybridized carbons (Fsp3) is 0.684. The summed E-state index contributed by atoms with van der Waals surface area (Å²) in [7, 11) is 0. The molecular weight excluding hydrogens is 270 g/mol. The molecule has 0 atom stereocenters. The van der Waals surface area contributed by atoms with Crippen molar-refractivity contribution in [2.45, 2.75) is 38.6 Å². The van der Waals surface area contributed by atoms with Crippen LogP contribution in [0.5, 0.6) is 0 Å². The number of nitrogens with zero attached hydrogens (tertiary/aromatic N) is 2. The molecule has 1 aliphatic heterocycles. The fourth-order valence-electron chi connectivity index (χ4n) is 4.09. The van der Waals surface area contributed by atoms with Crippen LogP contribution in [-0.2, 0) is 6.54 Å². The van der Waals surface area contributed by atoms with E-state index in [-0.39, 0.29) is 0 Å². The van der Waals surface area contributed by atoms with Crippen LogP contribution in [0, 0.1) is 5.41 Å². The summed E-state index contributed by atoms with van der Waals surface area (Å²) in [6, 6.07) is 10.8. The molecule has 0 spiro atoms. The number of hydrogen-bond acceptors (Lipinski definition) is 3. The van der Waals surface area contributed by atoms with Crippen LogP contribution < -0.4 is 5.73 Å². The highest BCUT2D eigenvalue weighted by Crippen LogP contribution is 2.40. The number of rotatable bonds is 6. The molecular formula is C19H31N3. The van der Waals surface area contributed by atoms with Crippen molar-refractivity contribution in [1.29, 1.82) is 0 Å². The van der Waals surface area contributed by atoms with Crippen molar-refractivity contribution in [1.82, 2.24) is 9.80 Å². The van der Waals surface area contributed by atoms with Gasteiger partial charge >= 0.3 is 0 Å². The molecule has 1 saturated carbocycles. The SMILES string of the molecule is NCC1(CCN2CCN(Cc3ccccc3)CC2)CCCC1. The van der Waals surface area contributed by atoms with Gasteiger partial charge in [0.05, 0.1) is 0 Å². The smallest absolute Gasteiger partial charge is 0.0234 e.